The Labute approximate surface area is 143 Å². The Morgan fingerprint density at radius 1 is 1.17 bits per heavy atom. The molecule has 1 aromatic rings. The molecular formula is C19H26N2O3. The van der Waals surface area contributed by atoms with E-state index in [-0.39, 0.29) is 30.7 Å². The normalized spacial score (nSPS) is 23.1. The quantitative estimate of drug-likeness (QED) is 0.923. The van der Waals surface area contributed by atoms with Gasteiger partial charge in [0.2, 0.25) is 11.8 Å². The zero-order chi connectivity index (χ0) is 16.9. The molecule has 24 heavy (non-hydrogen) atoms. The molecule has 0 spiro atoms. The van der Waals surface area contributed by atoms with Gasteiger partial charge < -0.3 is 15.0 Å². The molecule has 130 valence electrons. The van der Waals surface area contributed by atoms with Gasteiger partial charge in [-0.15, -0.1) is 0 Å². The second-order valence-electron chi connectivity index (χ2n) is 6.89. The third kappa shape index (κ3) is 4.08. The van der Waals surface area contributed by atoms with Crippen molar-refractivity contribution in [1.82, 2.24) is 5.32 Å². The van der Waals surface area contributed by atoms with E-state index in [1.165, 1.54) is 12.8 Å². The molecule has 5 heteroatoms. The summed E-state index contributed by atoms with van der Waals surface area (Å²) >= 11 is 0. The zero-order valence-corrected chi connectivity index (χ0v) is 14.3. The smallest absolute Gasteiger partial charge is 0.227 e. The second-order valence-corrected chi connectivity index (χ2v) is 6.89. The van der Waals surface area contributed by atoms with Gasteiger partial charge in [-0.1, -0.05) is 19.1 Å². The molecule has 1 N–H and O–H groups in total. The van der Waals surface area contributed by atoms with Crippen LogP contribution in [0.15, 0.2) is 24.3 Å². The van der Waals surface area contributed by atoms with Crippen molar-refractivity contribution in [2.75, 3.05) is 18.1 Å². The number of para-hydroxylation sites is 2. The molecular weight excluding hydrogens is 304 g/mol. The maximum absolute atomic E-state index is 12.5. The first-order valence-corrected chi connectivity index (χ1v) is 8.95. The molecule has 1 heterocycles. The average molecular weight is 330 g/mol. The third-order valence-corrected chi connectivity index (χ3v) is 4.98. The van der Waals surface area contributed by atoms with Crippen LogP contribution in [0.2, 0.25) is 0 Å². The topological polar surface area (TPSA) is 58.6 Å². The number of carbonyl (C=O) groups is 2. The summed E-state index contributed by atoms with van der Waals surface area (Å²) < 4.78 is 5.57. The fourth-order valence-corrected chi connectivity index (χ4v) is 3.49. The Balaban J connectivity index is 1.48. The van der Waals surface area contributed by atoms with E-state index >= 15 is 0 Å². The Morgan fingerprint density at radius 3 is 2.71 bits per heavy atom. The summed E-state index contributed by atoms with van der Waals surface area (Å²) in [6, 6.07) is 7.82. The summed E-state index contributed by atoms with van der Waals surface area (Å²) in [4.78, 5) is 26.3. The van der Waals surface area contributed by atoms with Gasteiger partial charge in [-0.25, -0.2) is 0 Å². The second kappa shape index (κ2) is 7.69. The van der Waals surface area contributed by atoms with E-state index in [9.17, 15) is 9.59 Å². The molecule has 3 rings (SSSR count). The molecule has 0 saturated heterocycles. The van der Waals surface area contributed by atoms with Crippen molar-refractivity contribution < 1.29 is 14.3 Å². The van der Waals surface area contributed by atoms with Gasteiger partial charge in [0.05, 0.1) is 12.2 Å². The average Bonchev–Trinajstić information content (AvgIpc) is 2.61. The lowest BCUT2D eigenvalue weighted by molar-refractivity contribution is -0.126. The van der Waals surface area contributed by atoms with Crippen LogP contribution >= 0.6 is 0 Å². The molecule has 0 unspecified atom stereocenters. The number of rotatable bonds is 4. The number of hydrogen-bond donors (Lipinski definition) is 1. The van der Waals surface area contributed by atoms with Crippen LogP contribution in [-0.4, -0.2) is 31.0 Å². The lowest BCUT2D eigenvalue weighted by Crippen LogP contribution is -2.40. The largest absolute Gasteiger partial charge is 0.490 e. The molecule has 5 nitrogen and oxygen atoms in total. The van der Waals surface area contributed by atoms with Crippen LogP contribution in [0.1, 0.15) is 45.4 Å². The number of carbonyl (C=O) groups excluding carboxylic acids is 2. The molecule has 0 atom stereocenters. The summed E-state index contributed by atoms with van der Waals surface area (Å²) in [5.41, 5.74) is 0.801. The van der Waals surface area contributed by atoms with Crippen LogP contribution in [-0.2, 0) is 9.59 Å². The van der Waals surface area contributed by atoms with E-state index in [0.29, 0.717) is 13.2 Å². The highest BCUT2D eigenvalue weighted by Gasteiger charge is 2.24. The predicted octanol–water partition coefficient (Wildman–Crippen LogP) is 2.89. The summed E-state index contributed by atoms with van der Waals surface area (Å²) in [7, 11) is 0. The van der Waals surface area contributed by atoms with Gasteiger partial charge >= 0.3 is 0 Å². The summed E-state index contributed by atoms with van der Waals surface area (Å²) in [5, 5.41) is 3.08. The number of nitrogens with zero attached hydrogens (tertiary/aromatic N) is 1. The van der Waals surface area contributed by atoms with Crippen molar-refractivity contribution in [3.8, 4) is 5.75 Å². The number of benzene rings is 1. The van der Waals surface area contributed by atoms with Crippen LogP contribution in [0, 0.1) is 5.92 Å². The van der Waals surface area contributed by atoms with Crippen molar-refractivity contribution in [3.05, 3.63) is 24.3 Å². The van der Waals surface area contributed by atoms with Gasteiger partial charge in [-0.05, 0) is 43.7 Å². The molecule has 1 fully saturated rings. The Kier molecular flexibility index (Phi) is 5.38. The Morgan fingerprint density at radius 2 is 1.92 bits per heavy atom. The SMILES string of the molecule is CC1CCC(NC(=O)CCC(=O)N2CCOc3ccccc32)CC1. The van der Waals surface area contributed by atoms with Gasteiger partial charge in [-0.2, -0.15) is 0 Å². The Hall–Kier alpha value is -2.04. The number of amides is 2. The number of nitrogens with one attached hydrogen (secondary N) is 1. The van der Waals surface area contributed by atoms with Crippen LogP contribution in [0.3, 0.4) is 0 Å². The van der Waals surface area contributed by atoms with Crippen LogP contribution in [0.5, 0.6) is 5.75 Å². The van der Waals surface area contributed by atoms with Crippen molar-refractivity contribution in [1.29, 1.82) is 0 Å². The minimum absolute atomic E-state index is 0.00977. The first-order chi connectivity index (χ1) is 11.6. The van der Waals surface area contributed by atoms with Crippen molar-refractivity contribution in [2.45, 2.75) is 51.5 Å². The van der Waals surface area contributed by atoms with Crippen molar-refractivity contribution in [2.24, 2.45) is 5.92 Å². The van der Waals surface area contributed by atoms with Gasteiger partial charge in [0.15, 0.2) is 0 Å². The number of ether oxygens (including phenoxy) is 1. The van der Waals surface area contributed by atoms with E-state index in [1.807, 2.05) is 24.3 Å². The third-order valence-electron chi connectivity index (χ3n) is 4.98. The summed E-state index contributed by atoms with van der Waals surface area (Å²) in [6.07, 6.45) is 4.95. The number of fused-ring (bicyclic) bond motifs is 1. The molecule has 1 aromatic carbocycles. The molecule has 0 bridgehead atoms. The molecule has 0 aromatic heterocycles. The summed E-state index contributed by atoms with van der Waals surface area (Å²) in [5.74, 6) is 1.47. The van der Waals surface area contributed by atoms with E-state index in [1.54, 1.807) is 4.90 Å². The highest BCUT2D eigenvalue weighted by Crippen LogP contribution is 2.31. The van der Waals surface area contributed by atoms with Crippen LogP contribution in [0.25, 0.3) is 0 Å². The minimum Gasteiger partial charge on any atom is -0.490 e. The predicted molar refractivity (Wildman–Crippen MR) is 93.1 cm³/mol. The summed E-state index contributed by atoms with van der Waals surface area (Å²) in [6.45, 7) is 3.30. The highest BCUT2D eigenvalue weighted by molar-refractivity contribution is 5.97. The maximum atomic E-state index is 12.5. The lowest BCUT2D eigenvalue weighted by Gasteiger charge is -2.29. The molecule has 2 aliphatic rings. The molecule has 2 amide bonds. The Bertz CT molecular complexity index is 594. The lowest BCUT2D eigenvalue weighted by atomic mass is 9.87. The first kappa shape index (κ1) is 16.8. The number of hydrogen-bond acceptors (Lipinski definition) is 3. The zero-order valence-electron chi connectivity index (χ0n) is 14.3. The van der Waals surface area contributed by atoms with Gasteiger partial charge in [0.25, 0.3) is 0 Å². The fourth-order valence-electron chi connectivity index (χ4n) is 3.49. The minimum atomic E-state index is -0.0156. The first-order valence-electron chi connectivity index (χ1n) is 8.95. The van der Waals surface area contributed by atoms with Crippen molar-refractivity contribution >= 4 is 17.5 Å². The molecule has 0 radical (unpaired) electrons. The molecule has 1 saturated carbocycles. The van der Waals surface area contributed by atoms with Gasteiger partial charge in [0, 0.05) is 18.9 Å². The van der Waals surface area contributed by atoms with E-state index in [0.717, 1.165) is 30.2 Å². The van der Waals surface area contributed by atoms with Gasteiger partial charge in [0.1, 0.15) is 12.4 Å². The van der Waals surface area contributed by atoms with E-state index in [4.69, 9.17) is 4.74 Å². The monoisotopic (exact) mass is 330 g/mol. The number of anilines is 1. The van der Waals surface area contributed by atoms with E-state index < -0.39 is 0 Å². The molecule has 1 aliphatic carbocycles. The highest BCUT2D eigenvalue weighted by atomic mass is 16.5. The van der Waals surface area contributed by atoms with Crippen LogP contribution < -0.4 is 15.0 Å². The van der Waals surface area contributed by atoms with Crippen LogP contribution in [0.4, 0.5) is 5.69 Å². The fraction of sp³-hybridized carbons (Fsp3) is 0.579. The van der Waals surface area contributed by atoms with E-state index in [2.05, 4.69) is 12.2 Å². The standard InChI is InChI=1S/C19H26N2O3/c1-14-6-8-15(9-7-14)20-18(22)10-11-19(23)21-12-13-24-17-5-3-2-4-16(17)21/h2-5,14-15H,6-13H2,1H3,(H,20,22). The molecule has 1 aliphatic heterocycles. The maximum Gasteiger partial charge on any atom is 0.227 e. The van der Waals surface area contributed by atoms with Gasteiger partial charge in [-0.3, -0.25) is 9.59 Å². The van der Waals surface area contributed by atoms with Crippen molar-refractivity contribution in [3.63, 3.8) is 0 Å².